The monoisotopic (exact) mass is 333 g/mol. The van der Waals surface area contributed by atoms with Crippen LogP contribution in [0.5, 0.6) is 0 Å². The van der Waals surface area contributed by atoms with E-state index in [-0.39, 0.29) is 0 Å². The van der Waals surface area contributed by atoms with E-state index in [1.165, 1.54) is 27.8 Å². The van der Waals surface area contributed by atoms with Crippen LogP contribution in [0.3, 0.4) is 0 Å². The molecule has 0 unspecified atom stereocenters. The van der Waals surface area contributed by atoms with Crippen molar-refractivity contribution in [3.8, 4) is 0 Å². The SMILES string of the molecule is Cc1cccc(C)c1/C=C/c1cccc(CCC(=O)N2CCCC2)c1. The molecular formula is C23H27NO. The molecule has 0 spiro atoms. The van der Waals surface area contributed by atoms with Crippen LogP contribution in [0.15, 0.2) is 42.5 Å². The van der Waals surface area contributed by atoms with E-state index >= 15 is 0 Å². The van der Waals surface area contributed by atoms with Crippen molar-refractivity contribution < 1.29 is 4.79 Å². The molecule has 2 heteroatoms. The predicted molar refractivity (Wildman–Crippen MR) is 105 cm³/mol. The van der Waals surface area contributed by atoms with E-state index in [0.717, 1.165) is 32.4 Å². The van der Waals surface area contributed by atoms with Crippen LogP contribution in [-0.4, -0.2) is 23.9 Å². The lowest BCUT2D eigenvalue weighted by atomic mass is 10.0. The molecule has 2 aromatic carbocycles. The number of hydrogen-bond donors (Lipinski definition) is 0. The number of carbonyl (C=O) groups is 1. The summed E-state index contributed by atoms with van der Waals surface area (Å²) in [6.07, 6.45) is 8.11. The first-order chi connectivity index (χ1) is 12.1. The molecule has 0 saturated carbocycles. The fourth-order valence-electron chi connectivity index (χ4n) is 3.50. The zero-order valence-corrected chi connectivity index (χ0v) is 15.3. The highest BCUT2D eigenvalue weighted by Gasteiger charge is 2.17. The number of carbonyl (C=O) groups excluding carboxylic acids is 1. The summed E-state index contributed by atoms with van der Waals surface area (Å²) in [7, 11) is 0. The Hall–Kier alpha value is -2.35. The second-order valence-corrected chi connectivity index (χ2v) is 6.97. The first-order valence-electron chi connectivity index (χ1n) is 9.24. The molecule has 0 bridgehead atoms. The standard InChI is InChI=1S/C23H27NO/c1-18-7-5-8-19(2)22(18)13-11-20-9-6-10-21(17-20)12-14-23(25)24-15-3-4-16-24/h5-11,13,17H,3-4,12,14-16H2,1-2H3/b13-11+. The van der Waals surface area contributed by atoms with Crippen LogP contribution in [0.1, 0.15) is 47.1 Å². The molecule has 0 aromatic heterocycles. The highest BCUT2D eigenvalue weighted by Crippen LogP contribution is 2.18. The third-order valence-corrected chi connectivity index (χ3v) is 5.02. The van der Waals surface area contributed by atoms with E-state index in [0.29, 0.717) is 12.3 Å². The van der Waals surface area contributed by atoms with Gasteiger partial charge in [-0.05, 0) is 60.9 Å². The van der Waals surface area contributed by atoms with Gasteiger partial charge in [-0.15, -0.1) is 0 Å². The zero-order valence-electron chi connectivity index (χ0n) is 15.3. The lowest BCUT2D eigenvalue weighted by molar-refractivity contribution is -0.130. The van der Waals surface area contributed by atoms with E-state index in [9.17, 15) is 4.79 Å². The number of amides is 1. The summed E-state index contributed by atoms with van der Waals surface area (Å²) in [6.45, 7) is 6.18. The Morgan fingerprint density at radius 1 is 1.00 bits per heavy atom. The molecule has 2 nitrogen and oxygen atoms in total. The summed E-state index contributed by atoms with van der Waals surface area (Å²) in [4.78, 5) is 14.2. The molecule has 0 N–H and O–H groups in total. The third-order valence-electron chi connectivity index (χ3n) is 5.02. The number of nitrogens with zero attached hydrogens (tertiary/aromatic N) is 1. The van der Waals surface area contributed by atoms with Gasteiger partial charge in [0.2, 0.25) is 5.91 Å². The van der Waals surface area contributed by atoms with Crippen molar-refractivity contribution in [1.82, 2.24) is 4.90 Å². The van der Waals surface area contributed by atoms with Crippen molar-refractivity contribution in [1.29, 1.82) is 0 Å². The van der Waals surface area contributed by atoms with Crippen LogP contribution < -0.4 is 0 Å². The van der Waals surface area contributed by atoms with E-state index in [4.69, 9.17) is 0 Å². The van der Waals surface area contributed by atoms with Gasteiger partial charge in [-0.3, -0.25) is 4.79 Å². The summed E-state index contributed by atoms with van der Waals surface area (Å²) < 4.78 is 0. The molecule has 0 atom stereocenters. The molecule has 1 fully saturated rings. The maximum Gasteiger partial charge on any atom is 0.222 e. The number of rotatable bonds is 5. The van der Waals surface area contributed by atoms with E-state index < -0.39 is 0 Å². The summed E-state index contributed by atoms with van der Waals surface area (Å²) in [5, 5.41) is 0. The topological polar surface area (TPSA) is 20.3 Å². The summed E-state index contributed by atoms with van der Waals surface area (Å²) >= 11 is 0. The largest absolute Gasteiger partial charge is 0.343 e. The Kier molecular flexibility index (Phi) is 5.70. The van der Waals surface area contributed by atoms with Gasteiger partial charge in [-0.25, -0.2) is 0 Å². The minimum atomic E-state index is 0.300. The van der Waals surface area contributed by atoms with Crippen molar-refractivity contribution in [3.63, 3.8) is 0 Å². The lowest BCUT2D eigenvalue weighted by Gasteiger charge is -2.15. The molecule has 1 aliphatic heterocycles. The number of aryl methyl sites for hydroxylation is 3. The van der Waals surface area contributed by atoms with Crippen molar-refractivity contribution in [2.24, 2.45) is 0 Å². The van der Waals surface area contributed by atoms with Gasteiger partial charge < -0.3 is 4.90 Å². The van der Waals surface area contributed by atoms with Gasteiger partial charge in [0.1, 0.15) is 0 Å². The number of hydrogen-bond acceptors (Lipinski definition) is 1. The first kappa shape index (κ1) is 17.5. The van der Waals surface area contributed by atoms with Crippen LogP contribution in [0.25, 0.3) is 12.2 Å². The van der Waals surface area contributed by atoms with Gasteiger partial charge in [-0.1, -0.05) is 54.6 Å². The van der Waals surface area contributed by atoms with Crippen LogP contribution >= 0.6 is 0 Å². The van der Waals surface area contributed by atoms with Crippen LogP contribution in [0.4, 0.5) is 0 Å². The van der Waals surface area contributed by atoms with Crippen LogP contribution in [0, 0.1) is 13.8 Å². The molecule has 1 aliphatic rings. The molecule has 0 aliphatic carbocycles. The normalized spacial score (nSPS) is 14.4. The predicted octanol–water partition coefficient (Wildman–Crippen LogP) is 5.03. The number of benzene rings is 2. The van der Waals surface area contributed by atoms with Gasteiger partial charge >= 0.3 is 0 Å². The Bertz CT molecular complexity index is 749. The van der Waals surface area contributed by atoms with E-state index in [1.807, 2.05) is 4.90 Å². The molecule has 130 valence electrons. The van der Waals surface area contributed by atoms with E-state index in [2.05, 4.69) is 68.5 Å². The summed E-state index contributed by atoms with van der Waals surface area (Å²) in [5.74, 6) is 0.300. The number of likely N-dealkylation sites (tertiary alicyclic amines) is 1. The maximum atomic E-state index is 12.2. The first-order valence-corrected chi connectivity index (χ1v) is 9.24. The van der Waals surface area contributed by atoms with Gasteiger partial charge in [0.25, 0.3) is 0 Å². The van der Waals surface area contributed by atoms with Gasteiger partial charge in [0.05, 0.1) is 0 Å². The molecule has 3 rings (SSSR count). The molecule has 0 radical (unpaired) electrons. The molecule has 1 heterocycles. The Labute approximate surface area is 151 Å². The minimum absolute atomic E-state index is 0.300. The van der Waals surface area contributed by atoms with Gasteiger partial charge in [-0.2, -0.15) is 0 Å². The Morgan fingerprint density at radius 2 is 1.68 bits per heavy atom. The van der Waals surface area contributed by atoms with Crippen molar-refractivity contribution in [2.75, 3.05) is 13.1 Å². The molecular weight excluding hydrogens is 306 g/mol. The highest BCUT2D eigenvalue weighted by atomic mass is 16.2. The average Bonchev–Trinajstić information content (AvgIpc) is 3.14. The van der Waals surface area contributed by atoms with Crippen molar-refractivity contribution in [2.45, 2.75) is 39.5 Å². The fraction of sp³-hybridized carbons (Fsp3) is 0.348. The Morgan fingerprint density at radius 3 is 2.40 bits per heavy atom. The van der Waals surface area contributed by atoms with Crippen molar-refractivity contribution >= 4 is 18.1 Å². The smallest absolute Gasteiger partial charge is 0.222 e. The van der Waals surface area contributed by atoms with Crippen molar-refractivity contribution in [3.05, 3.63) is 70.3 Å². The van der Waals surface area contributed by atoms with Crippen LogP contribution in [-0.2, 0) is 11.2 Å². The fourth-order valence-corrected chi connectivity index (χ4v) is 3.50. The summed E-state index contributed by atoms with van der Waals surface area (Å²) in [6, 6.07) is 14.9. The van der Waals surface area contributed by atoms with Gasteiger partial charge in [0, 0.05) is 19.5 Å². The minimum Gasteiger partial charge on any atom is -0.343 e. The second-order valence-electron chi connectivity index (χ2n) is 6.97. The quantitative estimate of drug-likeness (QED) is 0.703. The van der Waals surface area contributed by atoms with E-state index in [1.54, 1.807) is 0 Å². The summed E-state index contributed by atoms with van der Waals surface area (Å²) in [5.41, 5.74) is 6.30. The second kappa shape index (κ2) is 8.15. The average molecular weight is 333 g/mol. The molecule has 1 saturated heterocycles. The van der Waals surface area contributed by atoms with Gasteiger partial charge in [0.15, 0.2) is 0 Å². The molecule has 25 heavy (non-hydrogen) atoms. The zero-order chi connectivity index (χ0) is 17.6. The van der Waals surface area contributed by atoms with Crippen LogP contribution in [0.2, 0.25) is 0 Å². The lowest BCUT2D eigenvalue weighted by Crippen LogP contribution is -2.27. The molecule has 2 aromatic rings. The highest BCUT2D eigenvalue weighted by molar-refractivity contribution is 5.77. The maximum absolute atomic E-state index is 12.2. The molecule has 1 amide bonds. The third kappa shape index (κ3) is 4.60. The Balaban J connectivity index is 1.65.